The minimum atomic E-state index is -1.22. The number of halogens is 2. The SMILES string of the molecule is C[C@H]1OC(c2ccc(OCCCO)cc2)=N[C@@]1(Cc1ccccc1)C(=O)NCCc1cc(F)cc(F)c1. The first-order valence-corrected chi connectivity index (χ1v) is 12.3. The zero-order chi connectivity index (χ0) is 26.3. The zero-order valence-corrected chi connectivity index (χ0v) is 20.6. The highest BCUT2D eigenvalue weighted by Gasteiger charge is 2.50. The van der Waals surface area contributed by atoms with Crippen molar-refractivity contribution in [1.82, 2.24) is 5.32 Å². The van der Waals surface area contributed by atoms with Crippen molar-refractivity contribution in [3.8, 4) is 5.75 Å². The van der Waals surface area contributed by atoms with Gasteiger partial charge in [0.1, 0.15) is 23.5 Å². The summed E-state index contributed by atoms with van der Waals surface area (Å²) in [7, 11) is 0. The maximum atomic E-state index is 13.6. The van der Waals surface area contributed by atoms with Gasteiger partial charge in [0.2, 0.25) is 5.90 Å². The molecule has 1 aliphatic heterocycles. The lowest BCUT2D eigenvalue weighted by Gasteiger charge is -2.28. The lowest BCUT2D eigenvalue weighted by atomic mass is 9.86. The second-order valence-electron chi connectivity index (χ2n) is 9.00. The van der Waals surface area contributed by atoms with Crippen LogP contribution in [0.3, 0.4) is 0 Å². The molecule has 0 bridgehead atoms. The predicted molar refractivity (Wildman–Crippen MR) is 137 cm³/mol. The Labute approximate surface area is 215 Å². The lowest BCUT2D eigenvalue weighted by molar-refractivity contribution is -0.128. The van der Waals surface area contributed by atoms with Gasteiger partial charge in [0.05, 0.1) is 6.61 Å². The highest BCUT2D eigenvalue weighted by molar-refractivity contribution is 6.00. The number of hydrogen-bond donors (Lipinski definition) is 2. The van der Waals surface area contributed by atoms with Crippen LogP contribution in [0, 0.1) is 11.6 Å². The minimum Gasteiger partial charge on any atom is -0.494 e. The molecule has 1 heterocycles. The maximum Gasteiger partial charge on any atom is 0.252 e. The fourth-order valence-electron chi connectivity index (χ4n) is 4.28. The van der Waals surface area contributed by atoms with Gasteiger partial charge in [0.15, 0.2) is 5.54 Å². The lowest BCUT2D eigenvalue weighted by Crippen LogP contribution is -2.52. The Bertz CT molecular complexity index is 1210. The Morgan fingerprint density at radius 1 is 1.05 bits per heavy atom. The maximum absolute atomic E-state index is 13.6. The third-order valence-corrected chi connectivity index (χ3v) is 6.27. The molecule has 0 radical (unpaired) electrons. The van der Waals surface area contributed by atoms with Gasteiger partial charge in [-0.3, -0.25) is 4.79 Å². The van der Waals surface area contributed by atoms with Crippen molar-refractivity contribution < 1.29 is 28.2 Å². The van der Waals surface area contributed by atoms with Crippen molar-refractivity contribution in [3.05, 3.63) is 101 Å². The first-order valence-electron chi connectivity index (χ1n) is 12.3. The Morgan fingerprint density at radius 2 is 1.76 bits per heavy atom. The van der Waals surface area contributed by atoms with Crippen molar-refractivity contribution >= 4 is 11.8 Å². The summed E-state index contributed by atoms with van der Waals surface area (Å²) < 4.78 is 38.8. The van der Waals surface area contributed by atoms with Gasteiger partial charge in [-0.25, -0.2) is 13.8 Å². The molecule has 2 N–H and O–H groups in total. The van der Waals surface area contributed by atoms with E-state index in [1.165, 1.54) is 12.1 Å². The summed E-state index contributed by atoms with van der Waals surface area (Å²) in [5.74, 6) is -0.615. The van der Waals surface area contributed by atoms with E-state index >= 15 is 0 Å². The third-order valence-electron chi connectivity index (χ3n) is 6.27. The smallest absolute Gasteiger partial charge is 0.252 e. The standard InChI is InChI=1S/C29H30F2N2O4/c1-20-29(19-21-6-3-2-4-7-21,28(35)32-13-12-22-16-24(30)18-25(31)17-22)33-27(37-20)23-8-10-26(11-9-23)36-15-5-14-34/h2-4,6-11,16-18,20,34H,5,12-15,19H2,1H3,(H,32,35)/t20-,29-/m1/s1. The summed E-state index contributed by atoms with van der Waals surface area (Å²) >= 11 is 0. The number of aliphatic hydroxyl groups is 1. The molecule has 0 spiro atoms. The minimum absolute atomic E-state index is 0.0608. The number of nitrogens with zero attached hydrogens (tertiary/aromatic N) is 1. The van der Waals surface area contributed by atoms with Gasteiger partial charge in [-0.15, -0.1) is 0 Å². The van der Waals surface area contributed by atoms with E-state index in [4.69, 9.17) is 19.6 Å². The Morgan fingerprint density at radius 3 is 2.43 bits per heavy atom. The number of aliphatic hydroxyl groups excluding tert-OH is 1. The quantitative estimate of drug-likeness (QED) is 0.380. The summed E-state index contributed by atoms with van der Waals surface area (Å²) in [4.78, 5) is 18.4. The van der Waals surface area contributed by atoms with E-state index in [0.717, 1.165) is 11.6 Å². The molecule has 0 fully saturated rings. The molecule has 1 aliphatic rings. The van der Waals surface area contributed by atoms with Crippen molar-refractivity contribution in [2.45, 2.75) is 37.8 Å². The van der Waals surface area contributed by atoms with Crippen molar-refractivity contribution in [3.63, 3.8) is 0 Å². The van der Waals surface area contributed by atoms with Crippen LogP contribution in [0.4, 0.5) is 8.78 Å². The number of rotatable bonds is 11. The van der Waals surface area contributed by atoms with E-state index in [-0.39, 0.29) is 25.5 Å². The number of amides is 1. The molecule has 6 nitrogen and oxygen atoms in total. The van der Waals surface area contributed by atoms with Gasteiger partial charge in [-0.05, 0) is 60.9 Å². The largest absolute Gasteiger partial charge is 0.494 e. The van der Waals surface area contributed by atoms with Gasteiger partial charge in [-0.2, -0.15) is 0 Å². The van der Waals surface area contributed by atoms with Gasteiger partial charge >= 0.3 is 0 Å². The molecule has 0 unspecified atom stereocenters. The van der Waals surface area contributed by atoms with Crippen LogP contribution in [0.2, 0.25) is 0 Å². The molecule has 4 rings (SSSR count). The van der Waals surface area contributed by atoms with Crippen molar-refractivity contribution in [2.75, 3.05) is 19.8 Å². The molecule has 0 aliphatic carbocycles. The molecule has 194 valence electrons. The van der Waals surface area contributed by atoms with E-state index in [1.54, 1.807) is 12.1 Å². The van der Waals surface area contributed by atoms with Crippen LogP contribution in [0.25, 0.3) is 0 Å². The number of benzene rings is 3. The first kappa shape index (κ1) is 26.3. The van der Waals surface area contributed by atoms with Crippen LogP contribution < -0.4 is 10.1 Å². The van der Waals surface area contributed by atoms with Crippen LogP contribution >= 0.6 is 0 Å². The molecular weight excluding hydrogens is 478 g/mol. The van der Waals surface area contributed by atoms with Crippen molar-refractivity contribution in [1.29, 1.82) is 0 Å². The summed E-state index contributed by atoms with van der Waals surface area (Å²) in [6, 6.07) is 20.1. The van der Waals surface area contributed by atoms with Gasteiger partial charge in [0.25, 0.3) is 5.91 Å². The normalized spacial score (nSPS) is 18.7. The molecule has 37 heavy (non-hydrogen) atoms. The highest BCUT2D eigenvalue weighted by atomic mass is 19.1. The van der Waals surface area contributed by atoms with E-state index in [1.807, 2.05) is 49.4 Å². The molecule has 0 saturated carbocycles. The Hall–Kier alpha value is -3.78. The van der Waals surface area contributed by atoms with Gasteiger partial charge in [-0.1, -0.05) is 30.3 Å². The zero-order valence-electron chi connectivity index (χ0n) is 20.6. The summed E-state index contributed by atoms with van der Waals surface area (Å²) in [5.41, 5.74) is 0.869. The predicted octanol–water partition coefficient (Wildman–Crippen LogP) is 4.23. The number of nitrogens with one attached hydrogen (secondary N) is 1. The molecule has 3 aromatic rings. The molecule has 1 amide bonds. The number of carbonyl (C=O) groups is 1. The van der Waals surface area contributed by atoms with Crippen LogP contribution in [-0.2, 0) is 22.4 Å². The Balaban J connectivity index is 1.54. The average molecular weight is 509 g/mol. The van der Waals surface area contributed by atoms with Crippen LogP contribution in [0.15, 0.2) is 77.8 Å². The topological polar surface area (TPSA) is 80.2 Å². The fourth-order valence-corrected chi connectivity index (χ4v) is 4.28. The first-order chi connectivity index (χ1) is 17.9. The van der Waals surface area contributed by atoms with E-state index in [0.29, 0.717) is 42.2 Å². The monoisotopic (exact) mass is 508 g/mol. The van der Waals surface area contributed by atoms with Crippen LogP contribution in [0.1, 0.15) is 30.0 Å². The Kier molecular flexibility index (Phi) is 8.50. The molecule has 3 aromatic carbocycles. The molecule has 0 aromatic heterocycles. The number of carbonyl (C=O) groups excluding carboxylic acids is 1. The second kappa shape index (κ2) is 12.0. The average Bonchev–Trinajstić information content (AvgIpc) is 3.21. The van der Waals surface area contributed by atoms with E-state index < -0.39 is 23.3 Å². The molecule has 8 heteroatoms. The van der Waals surface area contributed by atoms with Gasteiger partial charge < -0.3 is 19.9 Å². The number of hydrogen-bond acceptors (Lipinski definition) is 5. The summed E-state index contributed by atoms with van der Waals surface area (Å²) in [6.45, 7) is 2.47. The van der Waals surface area contributed by atoms with E-state index in [9.17, 15) is 13.6 Å². The second-order valence-corrected chi connectivity index (χ2v) is 9.00. The highest BCUT2D eigenvalue weighted by Crippen LogP contribution is 2.33. The van der Waals surface area contributed by atoms with Crippen LogP contribution in [-0.4, -0.2) is 48.3 Å². The molecular formula is C29H30F2N2O4. The molecule has 2 atom stereocenters. The summed E-state index contributed by atoms with van der Waals surface area (Å²) in [5, 5.41) is 11.8. The van der Waals surface area contributed by atoms with Gasteiger partial charge in [0, 0.05) is 37.6 Å². The molecule has 0 saturated heterocycles. The number of ether oxygens (including phenoxy) is 2. The fraction of sp³-hybridized carbons (Fsp3) is 0.310. The third kappa shape index (κ3) is 6.51. The van der Waals surface area contributed by atoms with E-state index in [2.05, 4.69) is 5.32 Å². The summed E-state index contributed by atoms with van der Waals surface area (Å²) in [6.07, 6.45) is 0.572. The van der Waals surface area contributed by atoms with Crippen LogP contribution in [0.5, 0.6) is 5.75 Å². The van der Waals surface area contributed by atoms with Crippen molar-refractivity contribution in [2.24, 2.45) is 4.99 Å². The number of aliphatic imine (C=N–C) groups is 1.